The van der Waals surface area contributed by atoms with Crippen LogP contribution in [-0.2, 0) is 16.1 Å². The molecule has 0 aliphatic heterocycles. The van der Waals surface area contributed by atoms with Crippen molar-refractivity contribution in [3.63, 3.8) is 0 Å². The van der Waals surface area contributed by atoms with Crippen LogP contribution in [0.25, 0.3) is 11.0 Å². The number of ether oxygens (including phenoxy) is 1. The summed E-state index contributed by atoms with van der Waals surface area (Å²) < 4.78 is 23.9. The number of fused-ring (bicyclic) bond motifs is 1. The monoisotopic (exact) mass is 385 g/mol. The highest BCUT2D eigenvalue weighted by molar-refractivity contribution is 5.98. The van der Waals surface area contributed by atoms with Crippen molar-refractivity contribution in [1.82, 2.24) is 5.32 Å². The Kier molecular flexibility index (Phi) is 5.81. The number of para-hydroxylation sites is 1. The lowest BCUT2D eigenvalue weighted by Gasteiger charge is -2.14. The van der Waals surface area contributed by atoms with Gasteiger partial charge in [0.25, 0.3) is 5.91 Å². The van der Waals surface area contributed by atoms with E-state index >= 15 is 0 Å². The lowest BCUT2D eigenvalue weighted by atomic mass is 10.1. The third-order valence-corrected chi connectivity index (χ3v) is 3.96. The minimum Gasteiger partial charge on any atom is -0.480 e. The van der Waals surface area contributed by atoms with E-state index in [-0.39, 0.29) is 24.2 Å². The fourth-order valence-corrected chi connectivity index (χ4v) is 2.55. The van der Waals surface area contributed by atoms with Crippen molar-refractivity contribution < 1.29 is 28.2 Å². The Morgan fingerprint density at radius 2 is 1.89 bits per heavy atom. The first kappa shape index (κ1) is 19.2. The van der Waals surface area contributed by atoms with Crippen LogP contribution in [-0.4, -0.2) is 29.6 Å². The molecule has 0 aliphatic carbocycles. The average Bonchev–Trinajstić information content (AvgIpc) is 2.68. The molecule has 0 saturated heterocycles. The van der Waals surface area contributed by atoms with Crippen LogP contribution in [0.2, 0.25) is 0 Å². The third kappa shape index (κ3) is 4.41. The van der Waals surface area contributed by atoms with Gasteiger partial charge in [-0.25, -0.2) is 14.0 Å². The van der Waals surface area contributed by atoms with Crippen LogP contribution in [0.5, 0.6) is 0 Å². The normalized spacial score (nSPS) is 11.9. The van der Waals surface area contributed by atoms with Gasteiger partial charge in [-0.2, -0.15) is 0 Å². The number of hydrogen-bond acceptors (Lipinski definition) is 5. The van der Waals surface area contributed by atoms with Crippen molar-refractivity contribution in [2.24, 2.45) is 0 Å². The SMILES string of the molecule is O=C(NC(COCc1ccccc1)C(=O)O)c1cc2cccc(F)c2oc1=O. The van der Waals surface area contributed by atoms with Crippen LogP contribution in [0.3, 0.4) is 0 Å². The highest BCUT2D eigenvalue weighted by Gasteiger charge is 2.23. The highest BCUT2D eigenvalue weighted by Crippen LogP contribution is 2.16. The zero-order valence-electron chi connectivity index (χ0n) is 14.6. The van der Waals surface area contributed by atoms with Gasteiger partial charge in [-0.3, -0.25) is 4.79 Å². The first-order valence-corrected chi connectivity index (χ1v) is 8.33. The van der Waals surface area contributed by atoms with E-state index in [9.17, 15) is 23.9 Å². The summed E-state index contributed by atoms with van der Waals surface area (Å²) >= 11 is 0. The topological polar surface area (TPSA) is 106 Å². The smallest absolute Gasteiger partial charge is 0.349 e. The van der Waals surface area contributed by atoms with E-state index in [1.54, 1.807) is 0 Å². The standard InChI is InChI=1S/C20H16FNO6/c21-15-8-4-7-13-9-14(20(26)28-17(13)15)18(23)22-16(19(24)25)11-27-10-12-5-2-1-3-6-12/h1-9,16H,10-11H2,(H,22,23)(H,24,25). The summed E-state index contributed by atoms with van der Waals surface area (Å²) in [4.78, 5) is 35.8. The van der Waals surface area contributed by atoms with E-state index in [1.807, 2.05) is 30.3 Å². The molecular formula is C20H16FNO6. The maximum absolute atomic E-state index is 13.7. The maximum Gasteiger partial charge on any atom is 0.349 e. The molecule has 1 atom stereocenters. The van der Waals surface area contributed by atoms with Gasteiger partial charge < -0.3 is 19.6 Å². The van der Waals surface area contributed by atoms with E-state index in [0.717, 1.165) is 17.7 Å². The first-order chi connectivity index (χ1) is 13.5. The molecule has 0 saturated carbocycles. The fraction of sp³-hybridized carbons (Fsp3) is 0.150. The molecule has 8 heteroatoms. The summed E-state index contributed by atoms with van der Waals surface area (Å²) in [5.74, 6) is -3.01. The van der Waals surface area contributed by atoms with E-state index in [0.29, 0.717) is 0 Å². The molecule has 3 aromatic rings. The second-order valence-corrected chi connectivity index (χ2v) is 5.97. The Labute approximate surface area is 158 Å². The lowest BCUT2D eigenvalue weighted by Crippen LogP contribution is -2.45. The number of carboxylic acid groups (broad SMARTS) is 1. The maximum atomic E-state index is 13.7. The van der Waals surface area contributed by atoms with Crippen molar-refractivity contribution in [1.29, 1.82) is 0 Å². The molecule has 1 unspecified atom stereocenters. The van der Waals surface area contributed by atoms with E-state index in [1.165, 1.54) is 12.1 Å². The van der Waals surface area contributed by atoms with Gasteiger partial charge >= 0.3 is 11.6 Å². The average molecular weight is 385 g/mol. The second kappa shape index (κ2) is 8.45. The molecule has 3 rings (SSSR count). The van der Waals surface area contributed by atoms with Crippen molar-refractivity contribution >= 4 is 22.8 Å². The van der Waals surface area contributed by atoms with Gasteiger partial charge in [-0.15, -0.1) is 0 Å². The zero-order valence-corrected chi connectivity index (χ0v) is 14.6. The van der Waals surface area contributed by atoms with E-state index in [4.69, 9.17) is 9.15 Å². The van der Waals surface area contributed by atoms with Crippen LogP contribution in [0, 0.1) is 5.82 Å². The molecule has 28 heavy (non-hydrogen) atoms. The third-order valence-electron chi connectivity index (χ3n) is 3.96. The Morgan fingerprint density at radius 1 is 1.14 bits per heavy atom. The van der Waals surface area contributed by atoms with Crippen molar-refractivity contribution in [2.45, 2.75) is 12.6 Å². The van der Waals surface area contributed by atoms with Crippen LogP contribution in [0.1, 0.15) is 15.9 Å². The zero-order chi connectivity index (χ0) is 20.1. The molecular weight excluding hydrogens is 369 g/mol. The second-order valence-electron chi connectivity index (χ2n) is 5.97. The molecule has 0 radical (unpaired) electrons. The van der Waals surface area contributed by atoms with Crippen molar-refractivity contribution in [3.8, 4) is 0 Å². The number of hydrogen-bond donors (Lipinski definition) is 2. The number of carbonyl (C=O) groups is 2. The summed E-state index contributed by atoms with van der Waals surface area (Å²) in [7, 11) is 0. The van der Waals surface area contributed by atoms with Crippen LogP contribution in [0.15, 0.2) is 63.8 Å². The van der Waals surface area contributed by atoms with Gasteiger partial charge in [0.05, 0.1) is 13.2 Å². The van der Waals surface area contributed by atoms with Crippen LogP contribution in [0.4, 0.5) is 4.39 Å². The Hall–Kier alpha value is -3.52. The molecule has 0 fully saturated rings. The number of aliphatic carboxylic acids is 1. The molecule has 1 amide bonds. The largest absolute Gasteiger partial charge is 0.480 e. The van der Waals surface area contributed by atoms with Crippen LogP contribution < -0.4 is 10.9 Å². The minimum absolute atomic E-state index is 0.165. The van der Waals surface area contributed by atoms with Gasteiger partial charge in [-0.05, 0) is 17.7 Å². The summed E-state index contributed by atoms with van der Waals surface area (Å²) in [6.45, 7) is -0.138. The number of carbonyl (C=O) groups excluding carboxylic acids is 1. The van der Waals surface area contributed by atoms with E-state index < -0.39 is 34.9 Å². The Bertz CT molecular complexity index is 1060. The summed E-state index contributed by atoms with van der Waals surface area (Å²) in [5, 5.41) is 11.7. The number of amides is 1. The molecule has 0 spiro atoms. The van der Waals surface area contributed by atoms with Gasteiger partial charge in [0, 0.05) is 5.39 Å². The molecule has 0 bridgehead atoms. The number of nitrogens with one attached hydrogen (secondary N) is 1. The Morgan fingerprint density at radius 3 is 2.61 bits per heavy atom. The quantitative estimate of drug-likeness (QED) is 0.605. The van der Waals surface area contributed by atoms with Crippen molar-refractivity contribution in [3.05, 3.63) is 82.0 Å². The van der Waals surface area contributed by atoms with Gasteiger partial charge in [0.2, 0.25) is 0 Å². The first-order valence-electron chi connectivity index (χ1n) is 8.33. The molecule has 2 aromatic carbocycles. The van der Waals surface area contributed by atoms with Crippen molar-refractivity contribution in [2.75, 3.05) is 6.61 Å². The Balaban J connectivity index is 1.72. The molecule has 7 nitrogen and oxygen atoms in total. The fourth-order valence-electron chi connectivity index (χ4n) is 2.55. The number of carboxylic acids is 1. The predicted octanol–water partition coefficient (Wildman–Crippen LogP) is 2.33. The minimum atomic E-state index is -1.38. The highest BCUT2D eigenvalue weighted by atomic mass is 19.1. The molecule has 144 valence electrons. The number of halogens is 1. The van der Waals surface area contributed by atoms with Gasteiger partial charge in [0.1, 0.15) is 5.56 Å². The van der Waals surface area contributed by atoms with Gasteiger partial charge in [-0.1, -0.05) is 42.5 Å². The molecule has 1 heterocycles. The number of rotatable bonds is 7. The molecule has 0 aliphatic rings. The lowest BCUT2D eigenvalue weighted by molar-refractivity contribution is -0.141. The summed E-state index contributed by atoms with van der Waals surface area (Å²) in [6, 6.07) is 12.9. The predicted molar refractivity (Wildman–Crippen MR) is 97.4 cm³/mol. The molecule has 2 N–H and O–H groups in total. The van der Waals surface area contributed by atoms with Crippen LogP contribution >= 0.6 is 0 Å². The van der Waals surface area contributed by atoms with E-state index in [2.05, 4.69) is 5.32 Å². The molecule has 1 aromatic heterocycles. The summed E-state index contributed by atoms with van der Waals surface area (Å²) in [6.07, 6.45) is 0. The summed E-state index contributed by atoms with van der Waals surface area (Å²) in [5.41, 5.74) is -0.919. The number of benzene rings is 2. The van der Waals surface area contributed by atoms with Gasteiger partial charge in [0.15, 0.2) is 17.4 Å².